The molecule has 1 aliphatic rings. The summed E-state index contributed by atoms with van der Waals surface area (Å²) in [6.07, 6.45) is 0.360. The third-order valence-electron chi connectivity index (χ3n) is 5.45. The van der Waals surface area contributed by atoms with Gasteiger partial charge >= 0.3 is 6.03 Å². The van der Waals surface area contributed by atoms with Gasteiger partial charge in [0.15, 0.2) is 0 Å². The van der Waals surface area contributed by atoms with E-state index in [9.17, 15) is 14.4 Å². The first-order chi connectivity index (χ1) is 14.3. The minimum atomic E-state index is -1.19. The van der Waals surface area contributed by atoms with Gasteiger partial charge in [0.05, 0.1) is 7.11 Å². The van der Waals surface area contributed by atoms with Crippen molar-refractivity contribution in [1.82, 2.24) is 10.2 Å². The van der Waals surface area contributed by atoms with Gasteiger partial charge in [-0.3, -0.25) is 14.5 Å². The largest absolute Gasteiger partial charge is 0.497 e. The van der Waals surface area contributed by atoms with Crippen LogP contribution in [0.1, 0.15) is 44.2 Å². The molecule has 0 radical (unpaired) electrons. The summed E-state index contributed by atoms with van der Waals surface area (Å²) in [4.78, 5) is 39.2. The van der Waals surface area contributed by atoms with E-state index < -0.39 is 23.4 Å². The highest BCUT2D eigenvalue weighted by Crippen LogP contribution is 2.33. The molecule has 3 rings (SSSR count). The molecule has 1 fully saturated rings. The van der Waals surface area contributed by atoms with Crippen molar-refractivity contribution in [3.63, 3.8) is 0 Å². The molecule has 0 unspecified atom stereocenters. The zero-order valence-corrected chi connectivity index (χ0v) is 17.7. The number of nitrogens with one attached hydrogen (secondary N) is 2. The van der Waals surface area contributed by atoms with Crippen molar-refractivity contribution in [2.24, 2.45) is 0 Å². The summed E-state index contributed by atoms with van der Waals surface area (Å²) in [5, 5.41) is 5.52. The number of carbonyl (C=O) groups excluding carboxylic acids is 3. The molecular formula is C23H27N3O4. The van der Waals surface area contributed by atoms with E-state index in [1.165, 1.54) is 0 Å². The van der Waals surface area contributed by atoms with Crippen LogP contribution in [-0.4, -0.2) is 36.4 Å². The number of anilines is 1. The normalized spacial score (nSPS) is 18.5. The van der Waals surface area contributed by atoms with Crippen LogP contribution in [0, 0.1) is 0 Å². The van der Waals surface area contributed by atoms with Gasteiger partial charge in [0.25, 0.3) is 5.91 Å². The van der Waals surface area contributed by atoms with E-state index in [0.717, 1.165) is 10.5 Å². The van der Waals surface area contributed by atoms with E-state index in [0.29, 0.717) is 29.3 Å². The second kappa shape index (κ2) is 8.57. The molecule has 0 saturated carbocycles. The molecule has 30 heavy (non-hydrogen) atoms. The Hall–Kier alpha value is -3.35. The van der Waals surface area contributed by atoms with Crippen molar-refractivity contribution < 1.29 is 19.1 Å². The number of hydrogen-bond acceptors (Lipinski definition) is 4. The van der Waals surface area contributed by atoms with Crippen molar-refractivity contribution >= 4 is 23.5 Å². The number of methoxy groups -OCH3 is 1. The molecule has 2 N–H and O–H groups in total. The minimum Gasteiger partial charge on any atom is -0.497 e. The third kappa shape index (κ3) is 4.01. The third-order valence-corrected chi connectivity index (χ3v) is 5.45. The Balaban J connectivity index is 1.73. The SMILES string of the molecule is CC[C@@]1(c2ccc(OC)cc2)NC(=O)N(CC(=O)Nc2ccc(C(C)C)cc2)C1=O. The van der Waals surface area contributed by atoms with Crippen LogP contribution in [0.15, 0.2) is 48.5 Å². The summed E-state index contributed by atoms with van der Waals surface area (Å²) in [5.74, 6) is 0.171. The van der Waals surface area contributed by atoms with Crippen molar-refractivity contribution in [3.8, 4) is 5.75 Å². The van der Waals surface area contributed by atoms with Crippen LogP contribution in [0.25, 0.3) is 0 Å². The van der Waals surface area contributed by atoms with E-state index in [4.69, 9.17) is 4.74 Å². The maximum Gasteiger partial charge on any atom is 0.325 e. The highest BCUT2D eigenvalue weighted by Gasteiger charge is 2.51. The second-order valence-corrected chi connectivity index (χ2v) is 7.63. The van der Waals surface area contributed by atoms with Crippen LogP contribution >= 0.6 is 0 Å². The van der Waals surface area contributed by atoms with Gasteiger partial charge in [0.1, 0.15) is 17.8 Å². The molecule has 4 amide bonds. The average molecular weight is 409 g/mol. The number of imide groups is 1. The lowest BCUT2D eigenvalue weighted by Crippen LogP contribution is -2.44. The van der Waals surface area contributed by atoms with Gasteiger partial charge in [0, 0.05) is 5.69 Å². The van der Waals surface area contributed by atoms with Crippen LogP contribution in [0.3, 0.4) is 0 Å². The number of nitrogens with zero attached hydrogens (tertiary/aromatic N) is 1. The Kier molecular flexibility index (Phi) is 6.10. The van der Waals surface area contributed by atoms with E-state index in [1.807, 2.05) is 31.2 Å². The van der Waals surface area contributed by atoms with Gasteiger partial charge in [-0.25, -0.2) is 4.79 Å². The zero-order chi connectivity index (χ0) is 21.9. The van der Waals surface area contributed by atoms with E-state index in [2.05, 4.69) is 24.5 Å². The first-order valence-electron chi connectivity index (χ1n) is 9.99. The predicted octanol–water partition coefficient (Wildman–Crippen LogP) is 3.61. The van der Waals surface area contributed by atoms with Crippen molar-refractivity contribution in [2.75, 3.05) is 19.0 Å². The van der Waals surface area contributed by atoms with Crippen molar-refractivity contribution in [2.45, 2.75) is 38.6 Å². The number of benzene rings is 2. The Morgan fingerprint density at radius 2 is 1.73 bits per heavy atom. The van der Waals surface area contributed by atoms with E-state index >= 15 is 0 Å². The maximum atomic E-state index is 13.2. The zero-order valence-electron chi connectivity index (χ0n) is 17.7. The van der Waals surface area contributed by atoms with Crippen molar-refractivity contribution in [1.29, 1.82) is 0 Å². The summed E-state index contributed by atoms with van der Waals surface area (Å²) < 4.78 is 5.16. The fraction of sp³-hybridized carbons (Fsp3) is 0.348. The Morgan fingerprint density at radius 3 is 2.27 bits per heavy atom. The second-order valence-electron chi connectivity index (χ2n) is 7.63. The summed E-state index contributed by atoms with van der Waals surface area (Å²) in [6.45, 7) is 5.65. The molecule has 2 aromatic carbocycles. The van der Waals surface area contributed by atoms with Gasteiger partial charge in [-0.2, -0.15) is 0 Å². The standard InChI is InChI=1S/C23H27N3O4/c1-5-23(17-8-12-19(30-4)13-9-17)21(28)26(22(29)25-23)14-20(27)24-18-10-6-16(7-11-18)15(2)3/h6-13,15H,5,14H2,1-4H3,(H,24,27)(H,25,29)/t23-/m0/s1. The predicted molar refractivity (Wildman–Crippen MR) is 114 cm³/mol. The molecule has 1 heterocycles. The average Bonchev–Trinajstić information content (AvgIpc) is 2.99. The fourth-order valence-corrected chi connectivity index (χ4v) is 3.58. The van der Waals surface area contributed by atoms with Gasteiger partial charge < -0.3 is 15.4 Å². The number of urea groups is 1. The fourth-order valence-electron chi connectivity index (χ4n) is 3.58. The molecule has 0 spiro atoms. The van der Waals surface area contributed by atoms with Gasteiger partial charge in [0.2, 0.25) is 5.91 Å². The van der Waals surface area contributed by atoms with Crippen molar-refractivity contribution in [3.05, 3.63) is 59.7 Å². The molecule has 1 aliphatic heterocycles. The molecule has 0 aromatic heterocycles. The highest BCUT2D eigenvalue weighted by molar-refractivity contribution is 6.10. The van der Waals surface area contributed by atoms with Gasteiger partial charge in [-0.1, -0.05) is 45.0 Å². The minimum absolute atomic E-state index is 0.353. The lowest BCUT2D eigenvalue weighted by molar-refractivity contribution is -0.134. The van der Waals surface area contributed by atoms with Crippen LogP contribution in [0.5, 0.6) is 5.75 Å². The molecular weight excluding hydrogens is 382 g/mol. The highest BCUT2D eigenvalue weighted by atomic mass is 16.5. The summed E-state index contributed by atoms with van der Waals surface area (Å²) in [7, 11) is 1.56. The number of rotatable bonds is 7. The van der Waals surface area contributed by atoms with Crippen LogP contribution in [0.2, 0.25) is 0 Å². The number of hydrogen-bond donors (Lipinski definition) is 2. The molecule has 158 valence electrons. The smallest absolute Gasteiger partial charge is 0.325 e. The Morgan fingerprint density at radius 1 is 1.10 bits per heavy atom. The van der Waals surface area contributed by atoms with E-state index in [1.54, 1.807) is 31.4 Å². The summed E-state index contributed by atoms with van der Waals surface area (Å²) in [6, 6.07) is 13.9. The first kappa shape index (κ1) is 21.4. The Bertz CT molecular complexity index is 938. The molecule has 7 heteroatoms. The summed E-state index contributed by atoms with van der Waals surface area (Å²) in [5.41, 5.74) is 1.24. The van der Waals surface area contributed by atoms with E-state index in [-0.39, 0.29) is 6.54 Å². The Labute approximate surface area is 176 Å². The maximum absolute atomic E-state index is 13.2. The van der Waals surface area contributed by atoms with Crippen LogP contribution in [-0.2, 0) is 15.1 Å². The molecule has 0 aliphatic carbocycles. The molecule has 7 nitrogen and oxygen atoms in total. The topological polar surface area (TPSA) is 87.7 Å². The lowest BCUT2D eigenvalue weighted by Gasteiger charge is -2.26. The molecule has 1 atom stereocenters. The molecule has 0 bridgehead atoms. The molecule has 1 saturated heterocycles. The monoisotopic (exact) mass is 409 g/mol. The quantitative estimate of drug-likeness (QED) is 0.684. The lowest BCUT2D eigenvalue weighted by atomic mass is 9.87. The van der Waals surface area contributed by atoms with Crippen LogP contribution < -0.4 is 15.4 Å². The molecule has 2 aromatic rings. The summed E-state index contributed by atoms with van der Waals surface area (Å²) >= 11 is 0. The number of amides is 4. The number of ether oxygens (including phenoxy) is 1. The van der Waals surface area contributed by atoms with Gasteiger partial charge in [-0.15, -0.1) is 0 Å². The van der Waals surface area contributed by atoms with Gasteiger partial charge in [-0.05, 0) is 47.7 Å². The number of carbonyl (C=O) groups is 3. The first-order valence-corrected chi connectivity index (χ1v) is 9.99. The van der Waals surface area contributed by atoms with Crippen LogP contribution in [0.4, 0.5) is 10.5 Å².